The lowest BCUT2D eigenvalue weighted by Crippen LogP contribution is -2.20. The molecule has 1 heterocycles. The van der Waals surface area contributed by atoms with Crippen molar-refractivity contribution in [2.24, 2.45) is 4.99 Å². The Morgan fingerprint density at radius 3 is 2.89 bits per heavy atom. The fourth-order valence-corrected chi connectivity index (χ4v) is 2.87. The standard InChI is InChI=1S/C14H15NO3/c16-9-15-14(5-1-2-6-14)12-4-3-11-8-17-10-18-13(11)7-12/h3-4,7H,1-2,5-6,8,10H2. The minimum atomic E-state index is -0.377. The number of hydrogen-bond acceptors (Lipinski definition) is 4. The van der Waals surface area contributed by atoms with Gasteiger partial charge in [-0.3, -0.25) is 0 Å². The average Bonchev–Trinajstić information content (AvgIpc) is 2.88. The first-order valence-electron chi connectivity index (χ1n) is 6.27. The summed E-state index contributed by atoms with van der Waals surface area (Å²) in [5, 5.41) is 0. The molecule has 4 nitrogen and oxygen atoms in total. The van der Waals surface area contributed by atoms with Crippen LogP contribution in [0.2, 0.25) is 0 Å². The molecule has 0 radical (unpaired) electrons. The molecule has 4 heteroatoms. The molecule has 18 heavy (non-hydrogen) atoms. The smallest absolute Gasteiger partial charge is 0.235 e. The number of rotatable bonds is 2. The van der Waals surface area contributed by atoms with Crippen molar-refractivity contribution < 1.29 is 14.3 Å². The number of aliphatic imine (C=N–C) groups is 1. The van der Waals surface area contributed by atoms with Crippen molar-refractivity contribution in [3.05, 3.63) is 29.3 Å². The first-order chi connectivity index (χ1) is 8.84. The van der Waals surface area contributed by atoms with Crippen molar-refractivity contribution in [2.45, 2.75) is 37.8 Å². The summed E-state index contributed by atoms with van der Waals surface area (Å²) < 4.78 is 10.7. The van der Waals surface area contributed by atoms with Crippen LogP contribution in [0.1, 0.15) is 36.8 Å². The minimum absolute atomic E-state index is 0.292. The van der Waals surface area contributed by atoms with Crippen LogP contribution < -0.4 is 4.74 Å². The van der Waals surface area contributed by atoms with E-state index in [1.165, 1.54) is 0 Å². The highest BCUT2D eigenvalue weighted by Gasteiger charge is 2.36. The Bertz CT molecular complexity index is 500. The van der Waals surface area contributed by atoms with Gasteiger partial charge in [0.05, 0.1) is 12.1 Å². The number of benzene rings is 1. The summed E-state index contributed by atoms with van der Waals surface area (Å²) in [6.07, 6.45) is 5.77. The summed E-state index contributed by atoms with van der Waals surface area (Å²) in [6, 6.07) is 6.04. The second-order valence-electron chi connectivity index (χ2n) is 4.87. The van der Waals surface area contributed by atoms with Gasteiger partial charge in [0.25, 0.3) is 0 Å². The number of hydrogen-bond donors (Lipinski definition) is 0. The van der Waals surface area contributed by atoms with Crippen molar-refractivity contribution >= 4 is 6.08 Å². The van der Waals surface area contributed by atoms with Crippen LogP contribution in [0.25, 0.3) is 0 Å². The molecule has 1 fully saturated rings. The van der Waals surface area contributed by atoms with Gasteiger partial charge in [0.1, 0.15) is 5.75 Å². The van der Waals surface area contributed by atoms with Gasteiger partial charge in [-0.25, -0.2) is 4.79 Å². The third kappa shape index (κ3) is 1.84. The zero-order valence-corrected chi connectivity index (χ0v) is 10.1. The van der Waals surface area contributed by atoms with E-state index in [1.54, 1.807) is 6.08 Å². The van der Waals surface area contributed by atoms with E-state index in [0.29, 0.717) is 13.4 Å². The summed E-state index contributed by atoms with van der Waals surface area (Å²) in [5.74, 6) is 0.853. The molecule has 3 rings (SSSR count). The molecular formula is C14H15NO3. The van der Waals surface area contributed by atoms with E-state index in [1.807, 2.05) is 18.2 Å². The molecule has 0 saturated heterocycles. The topological polar surface area (TPSA) is 47.9 Å². The molecule has 0 aromatic heterocycles. The second kappa shape index (κ2) is 4.56. The number of isocyanates is 1. The van der Waals surface area contributed by atoms with Crippen molar-refractivity contribution in [3.63, 3.8) is 0 Å². The molecule has 1 aliphatic heterocycles. The second-order valence-corrected chi connectivity index (χ2v) is 4.87. The molecule has 2 aliphatic rings. The Kier molecular flexibility index (Phi) is 2.90. The molecule has 0 unspecified atom stereocenters. The largest absolute Gasteiger partial charge is 0.467 e. The normalized spacial score (nSPS) is 20.7. The SMILES string of the molecule is O=C=NC1(c2ccc3c(c2)OCOC3)CCCC1. The molecule has 1 saturated carbocycles. The molecule has 1 aromatic rings. The van der Waals surface area contributed by atoms with E-state index in [9.17, 15) is 4.79 Å². The van der Waals surface area contributed by atoms with Gasteiger partial charge in [-0.15, -0.1) is 0 Å². The lowest BCUT2D eigenvalue weighted by Gasteiger charge is -2.25. The Labute approximate surface area is 106 Å². The lowest BCUT2D eigenvalue weighted by molar-refractivity contribution is -0.0165. The molecule has 0 atom stereocenters. The number of ether oxygens (including phenoxy) is 2. The minimum Gasteiger partial charge on any atom is -0.467 e. The Morgan fingerprint density at radius 1 is 1.28 bits per heavy atom. The fourth-order valence-electron chi connectivity index (χ4n) is 2.87. The maximum Gasteiger partial charge on any atom is 0.235 e. The van der Waals surface area contributed by atoms with Crippen molar-refractivity contribution in [1.29, 1.82) is 0 Å². The quantitative estimate of drug-likeness (QED) is 0.594. The Balaban J connectivity index is 2.02. The predicted octanol–water partition coefficient (Wildman–Crippen LogP) is 2.66. The van der Waals surface area contributed by atoms with Gasteiger partial charge in [0.15, 0.2) is 6.79 Å². The van der Waals surface area contributed by atoms with E-state index in [4.69, 9.17) is 9.47 Å². The van der Waals surface area contributed by atoms with Gasteiger partial charge in [-0.2, -0.15) is 4.99 Å². The maximum absolute atomic E-state index is 10.7. The van der Waals surface area contributed by atoms with Gasteiger partial charge in [0.2, 0.25) is 6.08 Å². The summed E-state index contributed by atoms with van der Waals surface area (Å²) in [4.78, 5) is 14.8. The zero-order chi connectivity index (χ0) is 12.4. The van der Waals surface area contributed by atoms with E-state index in [-0.39, 0.29) is 5.54 Å². The van der Waals surface area contributed by atoms with Crippen LogP contribution in [0.5, 0.6) is 5.75 Å². The fraction of sp³-hybridized carbons (Fsp3) is 0.500. The number of carbonyl (C=O) groups excluding carboxylic acids is 1. The predicted molar refractivity (Wildman–Crippen MR) is 65.0 cm³/mol. The maximum atomic E-state index is 10.7. The number of fused-ring (bicyclic) bond motifs is 1. The highest BCUT2D eigenvalue weighted by Crippen LogP contribution is 2.43. The van der Waals surface area contributed by atoms with Crippen LogP contribution in [0.3, 0.4) is 0 Å². The molecule has 0 amide bonds. The van der Waals surface area contributed by atoms with Crippen LogP contribution in [0.15, 0.2) is 23.2 Å². The molecule has 94 valence electrons. The summed E-state index contributed by atoms with van der Waals surface area (Å²) in [7, 11) is 0. The Hall–Kier alpha value is -1.64. The summed E-state index contributed by atoms with van der Waals surface area (Å²) in [6.45, 7) is 0.875. The number of nitrogens with zero attached hydrogens (tertiary/aromatic N) is 1. The van der Waals surface area contributed by atoms with Crippen molar-refractivity contribution in [2.75, 3.05) is 6.79 Å². The average molecular weight is 245 g/mol. The molecule has 1 aromatic carbocycles. The van der Waals surface area contributed by atoms with Crippen LogP contribution >= 0.6 is 0 Å². The Morgan fingerprint density at radius 2 is 2.11 bits per heavy atom. The van der Waals surface area contributed by atoms with Gasteiger partial charge in [-0.1, -0.05) is 25.0 Å². The third-order valence-electron chi connectivity index (χ3n) is 3.85. The highest BCUT2D eigenvalue weighted by molar-refractivity contribution is 5.44. The van der Waals surface area contributed by atoms with E-state index < -0.39 is 0 Å². The third-order valence-corrected chi connectivity index (χ3v) is 3.85. The van der Waals surface area contributed by atoms with E-state index in [2.05, 4.69) is 4.99 Å². The monoisotopic (exact) mass is 245 g/mol. The van der Waals surface area contributed by atoms with Crippen molar-refractivity contribution in [1.82, 2.24) is 0 Å². The first kappa shape index (κ1) is 11.5. The van der Waals surface area contributed by atoms with E-state index >= 15 is 0 Å². The molecule has 0 N–H and O–H groups in total. The van der Waals surface area contributed by atoms with Crippen LogP contribution in [-0.4, -0.2) is 12.9 Å². The molecule has 0 spiro atoms. The zero-order valence-electron chi connectivity index (χ0n) is 10.1. The first-order valence-corrected chi connectivity index (χ1v) is 6.27. The molecular weight excluding hydrogens is 230 g/mol. The lowest BCUT2D eigenvalue weighted by atomic mass is 9.88. The van der Waals surface area contributed by atoms with Gasteiger partial charge in [0, 0.05) is 5.56 Å². The molecule has 1 aliphatic carbocycles. The van der Waals surface area contributed by atoms with Crippen LogP contribution in [0, 0.1) is 0 Å². The van der Waals surface area contributed by atoms with E-state index in [0.717, 1.165) is 42.6 Å². The van der Waals surface area contributed by atoms with Gasteiger partial charge >= 0.3 is 0 Å². The van der Waals surface area contributed by atoms with Gasteiger partial charge < -0.3 is 9.47 Å². The summed E-state index contributed by atoms with van der Waals surface area (Å²) in [5.41, 5.74) is 1.73. The highest BCUT2D eigenvalue weighted by atomic mass is 16.7. The molecule has 0 bridgehead atoms. The van der Waals surface area contributed by atoms with Crippen LogP contribution in [-0.2, 0) is 21.7 Å². The van der Waals surface area contributed by atoms with Crippen molar-refractivity contribution in [3.8, 4) is 5.75 Å². The summed E-state index contributed by atoms with van der Waals surface area (Å²) >= 11 is 0. The van der Waals surface area contributed by atoms with Crippen LogP contribution in [0.4, 0.5) is 0 Å². The van der Waals surface area contributed by atoms with Gasteiger partial charge in [-0.05, 0) is 24.5 Å².